The minimum absolute atomic E-state index is 0.0901. The molecule has 0 spiro atoms. The number of hydrogen-bond acceptors (Lipinski definition) is 5. The molecule has 8 nitrogen and oxygen atoms in total. The fourth-order valence-electron chi connectivity index (χ4n) is 3.34. The van der Waals surface area contributed by atoms with Crippen LogP contribution in [0.15, 0.2) is 72.8 Å². The predicted molar refractivity (Wildman–Crippen MR) is 129 cm³/mol. The molecule has 0 atom stereocenters. The van der Waals surface area contributed by atoms with E-state index in [-0.39, 0.29) is 6.01 Å². The first kappa shape index (κ1) is 24.6. The Morgan fingerprint density at radius 3 is 2.31 bits per heavy atom. The monoisotopic (exact) mass is 497 g/mol. The lowest BCUT2D eigenvalue weighted by atomic mass is 10.1. The Labute approximate surface area is 204 Å². The molecule has 0 aliphatic rings. The molecule has 36 heavy (non-hydrogen) atoms. The maximum atomic E-state index is 13.0. The highest BCUT2D eigenvalue weighted by atomic mass is 19.4. The van der Waals surface area contributed by atoms with Crippen molar-refractivity contribution in [3.63, 3.8) is 0 Å². The van der Waals surface area contributed by atoms with Gasteiger partial charge >= 0.3 is 18.2 Å². The number of rotatable bonds is 7. The minimum atomic E-state index is -4.44. The number of amides is 2. The first-order valence-corrected chi connectivity index (χ1v) is 10.9. The first-order valence-electron chi connectivity index (χ1n) is 10.9. The van der Waals surface area contributed by atoms with Gasteiger partial charge in [-0.1, -0.05) is 18.2 Å². The first-order chi connectivity index (χ1) is 17.3. The van der Waals surface area contributed by atoms with Crippen LogP contribution in [0, 0.1) is 0 Å². The van der Waals surface area contributed by atoms with E-state index in [1.807, 2.05) is 0 Å². The zero-order chi connectivity index (χ0) is 25.7. The van der Waals surface area contributed by atoms with Crippen LogP contribution in [-0.4, -0.2) is 34.5 Å². The maximum Gasteiger partial charge on any atom is 0.416 e. The van der Waals surface area contributed by atoms with Crippen LogP contribution in [0.5, 0.6) is 11.8 Å². The van der Waals surface area contributed by atoms with Crippen molar-refractivity contribution < 1.29 is 27.4 Å². The molecule has 0 radical (unpaired) electrons. The van der Waals surface area contributed by atoms with E-state index in [0.717, 1.165) is 12.1 Å². The number of benzene rings is 3. The summed E-state index contributed by atoms with van der Waals surface area (Å²) in [6.45, 7) is 2.09. The second kappa shape index (κ2) is 10.4. The number of urea groups is 1. The standard InChI is InChI=1S/C25H22F3N5O3/c1-3-36-24-31-22(16-7-9-17(10-8-16)25(26,27)28)33(32-24)20-13-11-18(12-14-20)29-23(34)30-19-5-4-6-21(15-19)35-2/h4-15H,3H2,1-2H3,(H2,29,30,34). The third-order valence-corrected chi connectivity index (χ3v) is 5.03. The van der Waals surface area contributed by atoms with E-state index >= 15 is 0 Å². The molecule has 0 unspecified atom stereocenters. The predicted octanol–water partition coefficient (Wildman–Crippen LogP) is 6.00. The van der Waals surface area contributed by atoms with Crippen LogP contribution in [0.25, 0.3) is 17.1 Å². The molecule has 0 saturated heterocycles. The molecular weight excluding hydrogens is 475 g/mol. The topological polar surface area (TPSA) is 90.3 Å². The van der Waals surface area contributed by atoms with Gasteiger partial charge in [-0.05, 0) is 55.5 Å². The van der Waals surface area contributed by atoms with Crippen molar-refractivity contribution in [3.8, 4) is 28.8 Å². The second-order valence-corrected chi connectivity index (χ2v) is 7.50. The minimum Gasteiger partial charge on any atom is -0.497 e. The van der Waals surface area contributed by atoms with Gasteiger partial charge in [-0.25, -0.2) is 9.48 Å². The van der Waals surface area contributed by atoms with Crippen molar-refractivity contribution in [3.05, 3.63) is 78.4 Å². The van der Waals surface area contributed by atoms with Crippen molar-refractivity contribution in [1.29, 1.82) is 0 Å². The van der Waals surface area contributed by atoms with Crippen LogP contribution in [0.4, 0.5) is 29.3 Å². The van der Waals surface area contributed by atoms with E-state index in [2.05, 4.69) is 20.7 Å². The molecular formula is C25H22F3N5O3. The number of nitrogens with one attached hydrogen (secondary N) is 2. The molecule has 1 heterocycles. The zero-order valence-electron chi connectivity index (χ0n) is 19.3. The average Bonchev–Trinajstić information content (AvgIpc) is 3.28. The van der Waals surface area contributed by atoms with Gasteiger partial charge in [0.05, 0.1) is 25.0 Å². The molecule has 1 aromatic heterocycles. The molecule has 11 heteroatoms. The van der Waals surface area contributed by atoms with Gasteiger partial charge in [0.2, 0.25) is 0 Å². The van der Waals surface area contributed by atoms with Gasteiger partial charge in [-0.15, -0.1) is 5.10 Å². The summed E-state index contributed by atoms with van der Waals surface area (Å²) in [5.74, 6) is 0.920. The third kappa shape index (κ3) is 5.74. The Balaban J connectivity index is 1.54. The van der Waals surface area contributed by atoms with Gasteiger partial charge in [0.15, 0.2) is 5.82 Å². The number of aromatic nitrogens is 3. The van der Waals surface area contributed by atoms with Gasteiger partial charge in [-0.3, -0.25) is 0 Å². The normalized spacial score (nSPS) is 11.1. The number of nitrogens with zero attached hydrogens (tertiary/aromatic N) is 3. The van der Waals surface area contributed by atoms with Crippen LogP contribution in [-0.2, 0) is 6.18 Å². The summed E-state index contributed by atoms with van der Waals surface area (Å²) in [5.41, 5.74) is 1.32. The number of hydrogen-bond donors (Lipinski definition) is 2. The van der Waals surface area contributed by atoms with Crippen LogP contribution >= 0.6 is 0 Å². The number of halogens is 3. The lowest BCUT2D eigenvalue weighted by molar-refractivity contribution is -0.137. The molecule has 186 valence electrons. The molecule has 4 aromatic rings. The molecule has 2 amide bonds. The van der Waals surface area contributed by atoms with E-state index in [1.54, 1.807) is 55.5 Å². The molecule has 0 fully saturated rings. The zero-order valence-corrected chi connectivity index (χ0v) is 19.3. The number of carbonyl (C=O) groups excluding carboxylic acids is 1. The Kier molecular flexibility index (Phi) is 7.09. The second-order valence-electron chi connectivity index (χ2n) is 7.50. The molecule has 4 rings (SSSR count). The van der Waals surface area contributed by atoms with Crippen LogP contribution in [0.2, 0.25) is 0 Å². The molecule has 0 bridgehead atoms. The fraction of sp³-hybridized carbons (Fsp3) is 0.160. The van der Waals surface area contributed by atoms with Crippen molar-refractivity contribution >= 4 is 17.4 Å². The Morgan fingerprint density at radius 2 is 1.67 bits per heavy atom. The Hall–Kier alpha value is -4.54. The fourth-order valence-corrected chi connectivity index (χ4v) is 3.34. The highest BCUT2D eigenvalue weighted by Gasteiger charge is 2.30. The van der Waals surface area contributed by atoms with Gasteiger partial charge in [0, 0.05) is 23.0 Å². The van der Waals surface area contributed by atoms with Crippen molar-refractivity contribution in [2.24, 2.45) is 0 Å². The maximum absolute atomic E-state index is 13.0. The lowest BCUT2D eigenvalue weighted by Crippen LogP contribution is -2.19. The van der Waals surface area contributed by atoms with E-state index in [9.17, 15) is 18.0 Å². The third-order valence-electron chi connectivity index (χ3n) is 5.03. The van der Waals surface area contributed by atoms with Crippen LogP contribution in [0.1, 0.15) is 12.5 Å². The highest BCUT2D eigenvalue weighted by Crippen LogP contribution is 2.31. The number of anilines is 2. The summed E-state index contributed by atoms with van der Waals surface area (Å²) in [4.78, 5) is 16.7. The summed E-state index contributed by atoms with van der Waals surface area (Å²) in [6, 6.07) is 17.9. The van der Waals surface area contributed by atoms with E-state index in [0.29, 0.717) is 40.8 Å². The lowest BCUT2D eigenvalue weighted by Gasteiger charge is -2.11. The molecule has 0 aliphatic heterocycles. The molecule has 0 saturated carbocycles. The summed E-state index contributed by atoms with van der Waals surface area (Å²) in [7, 11) is 1.54. The summed E-state index contributed by atoms with van der Waals surface area (Å²) in [6.07, 6.45) is -4.44. The Bertz CT molecular complexity index is 1340. The Morgan fingerprint density at radius 1 is 0.972 bits per heavy atom. The van der Waals surface area contributed by atoms with Gasteiger partial charge in [0.25, 0.3) is 0 Å². The summed E-state index contributed by atoms with van der Waals surface area (Å²) >= 11 is 0. The summed E-state index contributed by atoms with van der Waals surface area (Å²) < 4.78 is 50.9. The van der Waals surface area contributed by atoms with Crippen LogP contribution < -0.4 is 20.1 Å². The molecule has 2 N–H and O–H groups in total. The van der Waals surface area contributed by atoms with Gasteiger partial charge in [-0.2, -0.15) is 18.2 Å². The van der Waals surface area contributed by atoms with E-state index in [4.69, 9.17) is 9.47 Å². The average molecular weight is 497 g/mol. The highest BCUT2D eigenvalue weighted by molar-refractivity contribution is 5.99. The van der Waals surface area contributed by atoms with Crippen molar-refractivity contribution in [2.45, 2.75) is 13.1 Å². The SMILES string of the molecule is CCOc1nc(-c2ccc(C(F)(F)F)cc2)n(-c2ccc(NC(=O)Nc3cccc(OC)c3)cc2)n1. The quantitative estimate of drug-likeness (QED) is 0.327. The number of carbonyl (C=O) groups is 1. The van der Waals surface area contributed by atoms with Crippen molar-refractivity contribution in [2.75, 3.05) is 24.4 Å². The smallest absolute Gasteiger partial charge is 0.416 e. The largest absolute Gasteiger partial charge is 0.497 e. The van der Waals surface area contributed by atoms with Crippen LogP contribution in [0.3, 0.4) is 0 Å². The van der Waals surface area contributed by atoms with E-state index < -0.39 is 17.8 Å². The van der Waals surface area contributed by atoms with Gasteiger partial charge in [0.1, 0.15) is 5.75 Å². The number of methoxy groups -OCH3 is 1. The molecule has 0 aliphatic carbocycles. The van der Waals surface area contributed by atoms with Crippen molar-refractivity contribution in [1.82, 2.24) is 14.8 Å². The van der Waals surface area contributed by atoms with E-state index in [1.165, 1.54) is 23.9 Å². The van der Waals surface area contributed by atoms with Gasteiger partial charge < -0.3 is 20.1 Å². The molecule has 3 aromatic carbocycles. The number of ether oxygens (including phenoxy) is 2. The number of alkyl halides is 3. The summed E-state index contributed by atoms with van der Waals surface area (Å²) in [5, 5.41) is 9.78.